The molecule has 29 heavy (non-hydrogen) atoms. The molecular formula is C27H21NS. The van der Waals surface area contributed by atoms with Gasteiger partial charge in [-0.15, -0.1) is 11.3 Å². The van der Waals surface area contributed by atoms with Crippen LogP contribution in [0.2, 0.25) is 0 Å². The molecule has 0 aliphatic heterocycles. The normalized spacial score (nSPS) is 12.3. The lowest BCUT2D eigenvalue weighted by atomic mass is 9.97. The largest absolute Gasteiger partial charge is 0.353 e. The van der Waals surface area contributed by atoms with Crippen molar-refractivity contribution in [1.29, 1.82) is 0 Å². The highest BCUT2D eigenvalue weighted by Crippen LogP contribution is 2.46. The quantitative estimate of drug-likeness (QED) is 0.303. The number of fused-ring (bicyclic) bond motifs is 10. The van der Waals surface area contributed by atoms with E-state index in [1.807, 2.05) is 17.4 Å². The Labute approximate surface area is 174 Å². The first kappa shape index (κ1) is 16.6. The van der Waals surface area contributed by atoms with Crippen LogP contribution in [0.3, 0.4) is 0 Å². The average molecular weight is 392 g/mol. The van der Waals surface area contributed by atoms with Gasteiger partial charge in [0.05, 0.1) is 15.7 Å². The van der Waals surface area contributed by atoms with Crippen LogP contribution in [-0.2, 0) is 0 Å². The SMILES string of the molecule is C=Cc1c(/C=C\C)sc2c3[nH]c4c5ccccc5ccc4c3c3ccccc3c12.[HH]. The predicted octanol–water partition coefficient (Wildman–Crippen LogP) is 8.76. The minimum Gasteiger partial charge on any atom is -0.353 e. The van der Waals surface area contributed by atoms with Crippen molar-refractivity contribution < 1.29 is 1.43 Å². The summed E-state index contributed by atoms with van der Waals surface area (Å²) < 4.78 is 1.31. The van der Waals surface area contributed by atoms with Gasteiger partial charge >= 0.3 is 0 Å². The van der Waals surface area contributed by atoms with E-state index >= 15 is 0 Å². The number of benzene rings is 4. The second-order valence-corrected chi connectivity index (χ2v) is 8.47. The number of thiophene rings is 1. The van der Waals surface area contributed by atoms with E-state index < -0.39 is 0 Å². The van der Waals surface area contributed by atoms with Crippen molar-refractivity contribution in [2.24, 2.45) is 0 Å². The van der Waals surface area contributed by atoms with Crippen LogP contribution in [0, 0.1) is 0 Å². The topological polar surface area (TPSA) is 15.8 Å². The van der Waals surface area contributed by atoms with Crippen LogP contribution in [-0.4, -0.2) is 4.98 Å². The monoisotopic (exact) mass is 391 g/mol. The van der Waals surface area contributed by atoms with Crippen LogP contribution in [0.15, 0.2) is 73.3 Å². The van der Waals surface area contributed by atoms with Crippen LogP contribution in [0.4, 0.5) is 0 Å². The van der Waals surface area contributed by atoms with E-state index in [4.69, 9.17) is 0 Å². The molecule has 140 valence electrons. The molecule has 0 saturated heterocycles. The Morgan fingerprint density at radius 2 is 1.55 bits per heavy atom. The smallest absolute Gasteiger partial charge is 0.0653 e. The van der Waals surface area contributed by atoms with Gasteiger partial charge in [0.2, 0.25) is 0 Å². The molecule has 1 nitrogen and oxygen atoms in total. The number of aromatic amines is 1. The summed E-state index contributed by atoms with van der Waals surface area (Å²) in [5, 5.41) is 9.04. The summed E-state index contributed by atoms with van der Waals surface area (Å²) in [6.07, 6.45) is 6.31. The third-order valence-corrected chi connectivity index (χ3v) is 7.08. The molecule has 0 amide bonds. The Kier molecular flexibility index (Phi) is 3.47. The highest BCUT2D eigenvalue weighted by Gasteiger charge is 2.19. The Morgan fingerprint density at radius 1 is 0.828 bits per heavy atom. The second-order valence-electron chi connectivity index (χ2n) is 7.42. The summed E-state index contributed by atoms with van der Waals surface area (Å²) in [4.78, 5) is 5.08. The van der Waals surface area contributed by atoms with Crippen LogP contribution >= 0.6 is 11.3 Å². The molecule has 2 heteroatoms. The Balaban J connectivity index is 0.00000193. The molecule has 1 N–H and O–H groups in total. The number of H-pyrrole nitrogens is 1. The van der Waals surface area contributed by atoms with Gasteiger partial charge in [-0.1, -0.05) is 79.4 Å². The van der Waals surface area contributed by atoms with E-state index in [0.29, 0.717) is 0 Å². The molecular weight excluding hydrogens is 370 g/mol. The molecule has 0 radical (unpaired) electrons. The van der Waals surface area contributed by atoms with Crippen LogP contribution in [0.1, 0.15) is 18.8 Å². The summed E-state index contributed by atoms with van der Waals surface area (Å²) in [5.74, 6) is 0. The van der Waals surface area contributed by atoms with Gasteiger partial charge in [0.15, 0.2) is 0 Å². The van der Waals surface area contributed by atoms with Crippen molar-refractivity contribution in [1.82, 2.24) is 4.98 Å². The molecule has 0 saturated carbocycles. The van der Waals surface area contributed by atoms with E-state index in [1.54, 1.807) is 0 Å². The maximum Gasteiger partial charge on any atom is 0.0653 e. The lowest BCUT2D eigenvalue weighted by Gasteiger charge is -2.05. The zero-order valence-corrected chi connectivity index (χ0v) is 16.9. The molecule has 0 aliphatic rings. The van der Waals surface area contributed by atoms with E-state index in [-0.39, 0.29) is 1.43 Å². The molecule has 2 aromatic heterocycles. The fraction of sp³-hybridized carbons (Fsp3) is 0.0370. The zero-order chi connectivity index (χ0) is 19.5. The Morgan fingerprint density at radius 3 is 2.31 bits per heavy atom. The molecule has 0 fully saturated rings. The van der Waals surface area contributed by atoms with Gasteiger partial charge in [0.25, 0.3) is 0 Å². The van der Waals surface area contributed by atoms with Crippen LogP contribution < -0.4 is 0 Å². The summed E-state index contributed by atoms with van der Waals surface area (Å²) in [7, 11) is 0. The zero-order valence-electron chi connectivity index (χ0n) is 16.1. The number of rotatable bonds is 2. The third kappa shape index (κ3) is 2.15. The fourth-order valence-electron chi connectivity index (χ4n) is 4.69. The van der Waals surface area contributed by atoms with Gasteiger partial charge in [0.1, 0.15) is 0 Å². The van der Waals surface area contributed by atoms with Crippen LogP contribution in [0.5, 0.6) is 0 Å². The summed E-state index contributed by atoms with van der Waals surface area (Å²) in [6, 6.07) is 21.9. The van der Waals surface area contributed by atoms with Crippen molar-refractivity contribution >= 4 is 76.9 Å². The lowest BCUT2D eigenvalue weighted by Crippen LogP contribution is -1.80. The summed E-state index contributed by atoms with van der Waals surface area (Å²) in [5.41, 5.74) is 3.68. The van der Waals surface area contributed by atoms with E-state index in [1.165, 1.54) is 63.9 Å². The third-order valence-electron chi connectivity index (χ3n) is 5.89. The van der Waals surface area contributed by atoms with Crippen molar-refractivity contribution in [3.8, 4) is 0 Å². The average Bonchev–Trinajstić information content (AvgIpc) is 3.33. The maximum absolute atomic E-state index is 4.13. The number of allylic oxidation sites excluding steroid dienone is 1. The highest BCUT2D eigenvalue weighted by atomic mass is 32.1. The first-order valence-corrected chi connectivity index (χ1v) is 10.7. The van der Waals surface area contributed by atoms with Gasteiger partial charge in [0, 0.05) is 33.4 Å². The minimum atomic E-state index is 0. The molecule has 0 aliphatic carbocycles. The first-order valence-electron chi connectivity index (χ1n) is 9.87. The van der Waals surface area contributed by atoms with Crippen molar-refractivity contribution in [3.63, 3.8) is 0 Å². The van der Waals surface area contributed by atoms with E-state index in [0.717, 1.165) is 0 Å². The Hall–Kier alpha value is -3.36. The first-order chi connectivity index (χ1) is 14.3. The van der Waals surface area contributed by atoms with E-state index in [2.05, 4.69) is 91.3 Å². The fourth-order valence-corrected chi connectivity index (χ4v) is 5.99. The highest BCUT2D eigenvalue weighted by molar-refractivity contribution is 7.21. The molecule has 4 aromatic carbocycles. The number of nitrogens with one attached hydrogen (secondary N) is 1. The second kappa shape index (κ2) is 6.07. The molecule has 6 rings (SSSR count). The van der Waals surface area contributed by atoms with Gasteiger partial charge in [-0.05, 0) is 29.2 Å². The lowest BCUT2D eigenvalue weighted by molar-refractivity contribution is 1.59. The van der Waals surface area contributed by atoms with Crippen LogP contribution in [0.25, 0.3) is 65.6 Å². The van der Waals surface area contributed by atoms with Gasteiger partial charge in [-0.3, -0.25) is 0 Å². The molecule has 0 spiro atoms. The molecule has 6 aromatic rings. The molecule has 0 bridgehead atoms. The summed E-state index contributed by atoms with van der Waals surface area (Å²) >= 11 is 1.85. The van der Waals surface area contributed by atoms with Gasteiger partial charge < -0.3 is 4.98 Å². The predicted molar refractivity (Wildman–Crippen MR) is 133 cm³/mol. The molecule has 2 heterocycles. The summed E-state index contributed by atoms with van der Waals surface area (Å²) in [6.45, 7) is 6.20. The minimum absolute atomic E-state index is 0. The molecule has 0 unspecified atom stereocenters. The van der Waals surface area contributed by atoms with Gasteiger partial charge in [-0.25, -0.2) is 0 Å². The number of aromatic nitrogens is 1. The maximum atomic E-state index is 4.13. The van der Waals surface area contributed by atoms with Crippen molar-refractivity contribution in [2.75, 3.05) is 0 Å². The van der Waals surface area contributed by atoms with Gasteiger partial charge in [-0.2, -0.15) is 0 Å². The number of hydrogen-bond donors (Lipinski definition) is 1. The molecule has 0 atom stereocenters. The Bertz CT molecular complexity index is 1630. The standard InChI is InChI=1S/C27H19NS.H2/c1-3-9-22-17(4-2)24-20-13-8-7-12-19(20)23-21-15-14-16-10-5-6-11-18(16)25(21)28-26(23)27(24)29-22;/h3-15,28H,2H2,1H3;1H/b9-3-;. The number of hydrogen-bond acceptors (Lipinski definition) is 1. The van der Waals surface area contributed by atoms with E-state index in [9.17, 15) is 0 Å². The van der Waals surface area contributed by atoms with Crippen molar-refractivity contribution in [3.05, 3.63) is 83.8 Å². The van der Waals surface area contributed by atoms with Crippen molar-refractivity contribution in [2.45, 2.75) is 6.92 Å².